The van der Waals surface area contributed by atoms with E-state index < -0.39 is 0 Å². The van der Waals surface area contributed by atoms with Crippen molar-refractivity contribution in [1.29, 1.82) is 0 Å². The third kappa shape index (κ3) is 6.04. The van der Waals surface area contributed by atoms with Crippen molar-refractivity contribution in [2.24, 2.45) is 0 Å². The Morgan fingerprint density at radius 1 is 1.39 bits per heavy atom. The largest absolute Gasteiger partial charge is 0.385 e. The van der Waals surface area contributed by atoms with E-state index in [2.05, 4.69) is 21.2 Å². The second-order valence-electron chi connectivity index (χ2n) is 5.83. The topological polar surface area (TPSA) is 44.8 Å². The van der Waals surface area contributed by atoms with Gasteiger partial charge < -0.3 is 10.1 Å². The summed E-state index contributed by atoms with van der Waals surface area (Å²) in [5.74, 6) is 0.111. The van der Waals surface area contributed by atoms with Gasteiger partial charge in [-0.1, -0.05) is 11.6 Å². The average molecular weight is 360 g/mol. The minimum Gasteiger partial charge on any atom is -0.385 e. The summed E-state index contributed by atoms with van der Waals surface area (Å²) < 4.78 is 5.83. The van der Waals surface area contributed by atoms with Crippen LogP contribution in [0.5, 0.6) is 0 Å². The van der Waals surface area contributed by atoms with Gasteiger partial charge in [-0.2, -0.15) is 0 Å². The first kappa shape index (κ1) is 18.7. The number of carbonyl (C=O) groups is 1. The van der Waals surface area contributed by atoms with Gasteiger partial charge in [0.25, 0.3) is 0 Å². The molecule has 0 aromatic carbocycles. The molecular formula is C16H26ClN3O2S. The average Bonchev–Trinajstić information content (AvgIpc) is 2.96. The summed E-state index contributed by atoms with van der Waals surface area (Å²) in [6.45, 7) is 8.10. The first-order chi connectivity index (χ1) is 11.1. The number of hydrogen-bond donors (Lipinski definition) is 1. The van der Waals surface area contributed by atoms with Gasteiger partial charge in [0.05, 0.1) is 10.4 Å². The van der Waals surface area contributed by atoms with Crippen molar-refractivity contribution in [3.05, 3.63) is 21.3 Å². The second-order valence-corrected chi connectivity index (χ2v) is 7.63. The van der Waals surface area contributed by atoms with Crippen LogP contribution in [-0.4, -0.2) is 68.2 Å². The van der Waals surface area contributed by atoms with Crippen LogP contribution in [-0.2, 0) is 16.1 Å². The molecule has 0 bridgehead atoms. The zero-order valence-corrected chi connectivity index (χ0v) is 15.5. The first-order valence-electron chi connectivity index (χ1n) is 8.07. The third-order valence-electron chi connectivity index (χ3n) is 4.17. The minimum absolute atomic E-state index is 0.0733. The van der Waals surface area contributed by atoms with E-state index in [0.29, 0.717) is 13.2 Å². The standard InChI is InChI=1S/C16H26ClN3O2S/c1-13(16(21)18-6-3-11-22-2)20-9-7-19(8-10-20)12-14-4-5-15(17)23-14/h4-5,13H,3,6-12H2,1-2H3,(H,18,21). The number of nitrogens with zero attached hydrogens (tertiary/aromatic N) is 2. The van der Waals surface area contributed by atoms with Crippen LogP contribution in [0.4, 0.5) is 0 Å². The molecule has 1 aromatic heterocycles. The van der Waals surface area contributed by atoms with E-state index in [1.807, 2.05) is 13.0 Å². The Hall–Kier alpha value is -0.660. The Kier molecular flexibility index (Phi) is 7.79. The van der Waals surface area contributed by atoms with E-state index in [-0.39, 0.29) is 11.9 Å². The maximum Gasteiger partial charge on any atom is 0.237 e. The van der Waals surface area contributed by atoms with Gasteiger partial charge in [-0.3, -0.25) is 14.6 Å². The van der Waals surface area contributed by atoms with Gasteiger partial charge in [0.15, 0.2) is 0 Å². The summed E-state index contributed by atoms with van der Waals surface area (Å²) in [7, 11) is 1.67. The van der Waals surface area contributed by atoms with E-state index in [0.717, 1.165) is 43.5 Å². The van der Waals surface area contributed by atoms with Crippen molar-refractivity contribution in [2.45, 2.75) is 25.9 Å². The summed E-state index contributed by atoms with van der Waals surface area (Å²) in [6, 6.07) is 3.97. The molecule has 1 saturated heterocycles. The molecule has 1 atom stereocenters. The smallest absolute Gasteiger partial charge is 0.237 e. The number of nitrogens with one attached hydrogen (secondary N) is 1. The van der Waals surface area contributed by atoms with Crippen LogP contribution in [0.2, 0.25) is 4.34 Å². The highest BCUT2D eigenvalue weighted by Gasteiger charge is 2.25. The predicted octanol–water partition coefficient (Wildman–Crippen LogP) is 2.06. The number of ether oxygens (including phenoxy) is 1. The Balaban J connectivity index is 1.69. The maximum atomic E-state index is 12.2. The molecule has 1 aromatic rings. The number of amides is 1. The Morgan fingerprint density at radius 3 is 2.74 bits per heavy atom. The lowest BCUT2D eigenvalue weighted by atomic mass is 10.2. The summed E-state index contributed by atoms with van der Waals surface area (Å²) in [5.41, 5.74) is 0. The lowest BCUT2D eigenvalue weighted by Gasteiger charge is -2.37. The van der Waals surface area contributed by atoms with Gasteiger partial charge >= 0.3 is 0 Å². The zero-order valence-electron chi connectivity index (χ0n) is 13.9. The summed E-state index contributed by atoms with van der Waals surface area (Å²) in [5, 5.41) is 2.98. The number of methoxy groups -OCH3 is 1. The first-order valence-corrected chi connectivity index (χ1v) is 9.27. The third-order valence-corrected chi connectivity index (χ3v) is 5.38. The molecule has 5 nitrogen and oxygen atoms in total. The fourth-order valence-electron chi connectivity index (χ4n) is 2.71. The Morgan fingerprint density at radius 2 is 2.13 bits per heavy atom. The van der Waals surface area contributed by atoms with Crippen molar-refractivity contribution < 1.29 is 9.53 Å². The summed E-state index contributed by atoms with van der Waals surface area (Å²) >= 11 is 7.62. The van der Waals surface area contributed by atoms with Gasteiger partial charge in [0, 0.05) is 57.9 Å². The van der Waals surface area contributed by atoms with Gasteiger partial charge in [0.2, 0.25) is 5.91 Å². The molecule has 1 fully saturated rings. The van der Waals surface area contributed by atoms with Gasteiger partial charge in [0.1, 0.15) is 0 Å². The lowest BCUT2D eigenvalue weighted by molar-refractivity contribution is -0.126. The minimum atomic E-state index is -0.0733. The fraction of sp³-hybridized carbons (Fsp3) is 0.688. The number of piperazine rings is 1. The molecule has 1 aliphatic heterocycles. The van der Waals surface area contributed by atoms with Crippen LogP contribution in [0.1, 0.15) is 18.2 Å². The molecular weight excluding hydrogens is 334 g/mol. The molecule has 0 saturated carbocycles. The molecule has 1 aliphatic rings. The maximum absolute atomic E-state index is 12.2. The molecule has 1 N–H and O–H groups in total. The highest BCUT2D eigenvalue weighted by Crippen LogP contribution is 2.23. The van der Waals surface area contributed by atoms with Crippen molar-refractivity contribution >= 4 is 28.8 Å². The van der Waals surface area contributed by atoms with Crippen LogP contribution >= 0.6 is 22.9 Å². The molecule has 130 valence electrons. The summed E-state index contributed by atoms with van der Waals surface area (Å²) in [4.78, 5) is 18.1. The number of thiophene rings is 1. The summed E-state index contributed by atoms with van der Waals surface area (Å²) in [6.07, 6.45) is 0.853. The Labute approximate surface area is 147 Å². The van der Waals surface area contributed by atoms with Gasteiger partial charge in [-0.25, -0.2) is 0 Å². The number of rotatable bonds is 8. The molecule has 0 radical (unpaired) electrons. The highest BCUT2D eigenvalue weighted by molar-refractivity contribution is 7.16. The highest BCUT2D eigenvalue weighted by atomic mass is 35.5. The van der Waals surface area contributed by atoms with E-state index >= 15 is 0 Å². The Bertz CT molecular complexity index is 489. The van der Waals surface area contributed by atoms with E-state index in [4.69, 9.17) is 16.3 Å². The van der Waals surface area contributed by atoms with Gasteiger partial charge in [-0.15, -0.1) is 11.3 Å². The zero-order chi connectivity index (χ0) is 16.7. The van der Waals surface area contributed by atoms with E-state index in [1.54, 1.807) is 18.4 Å². The molecule has 1 amide bonds. The number of carbonyl (C=O) groups excluding carboxylic acids is 1. The fourth-order valence-corrected chi connectivity index (χ4v) is 3.84. The van der Waals surface area contributed by atoms with Crippen LogP contribution in [0, 0.1) is 0 Å². The molecule has 1 unspecified atom stereocenters. The van der Waals surface area contributed by atoms with Crippen molar-refractivity contribution in [3.63, 3.8) is 0 Å². The molecule has 2 rings (SSSR count). The second kappa shape index (κ2) is 9.59. The van der Waals surface area contributed by atoms with Crippen LogP contribution < -0.4 is 5.32 Å². The SMILES string of the molecule is COCCCNC(=O)C(C)N1CCN(Cc2ccc(Cl)s2)CC1. The number of hydrogen-bond acceptors (Lipinski definition) is 5. The van der Waals surface area contributed by atoms with E-state index in [1.165, 1.54) is 4.88 Å². The van der Waals surface area contributed by atoms with Crippen molar-refractivity contribution in [2.75, 3.05) is 46.4 Å². The quantitative estimate of drug-likeness (QED) is 0.722. The molecule has 0 spiro atoms. The predicted molar refractivity (Wildman–Crippen MR) is 95.1 cm³/mol. The van der Waals surface area contributed by atoms with E-state index in [9.17, 15) is 4.79 Å². The van der Waals surface area contributed by atoms with Crippen LogP contribution in [0.3, 0.4) is 0 Å². The monoisotopic (exact) mass is 359 g/mol. The molecule has 23 heavy (non-hydrogen) atoms. The lowest BCUT2D eigenvalue weighted by Crippen LogP contribution is -2.53. The normalized spacial score (nSPS) is 18.0. The number of halogens is 1. The molecule has 2 heterocycles. The van der Waals surface area contributed by atoms with Crippen LogP contribution in [0.15, 0.2) is 12.1 Å². The van der Waals surface area contributed by atoms with Crippen molar-refractivity contribution in [3.8, 4) is 0 Å². The van der Waals surface area contributed by atoms with Gasteiger partial charge in [-0.05, 0) is 25.5 Å². The molecule has 0 aliphatic carbocycles. The molecule has 7 heteroatoms. The van der Waals surface area contributed by atoms with Crippen LogP contribution in [0.25, 0.3) is 0 Å². The van der Waals surface area contributed by atoms with Crippen molar-refractivity contribution in [1.82, 2.24) is 15.1 Å².